The van der Waals surface area contributed by atoms with Crippen molar-refractivity contribution in [2.45, 2.75) is 310 Å². The molecule has 6 aromatic rings. The number of aromatic nitrogens is 3. The number of carbonyl (C=O) groups excluding carboxylic acids is 9. The van der Waals surface area contributed by atoms with Gasteiger partial charge in [0.25, 0.3) is 0 Å². The van der Waals surface area contributed by atoms with E-state index in [2.05, 4.69) is 73.7 Å². The van der Waals surface area contributed by atoms with E-state index in [-0.39, 0.29) is 137 Å². The number of fused-ring (bicyclic) bond motifs is 18. The molecular weight excluding hydrogens is 1750 g/mol. The normalized spacial score (nSPS) is 35.0. The molecule has 3 aromatic carbocycles. The van der Waals surface area contributed by atoms with Crippen molar-refractivity contribution in [1.82, 2.24) is 30.1 Å². The van der Waals surface area contributed by atoms with Gasteiger partial charge in [-0.2, -0.15) is 0 Å². The zero-order valence-electron chi connectivity index (χ0n) is 74.1. The van der Waals surface area contributed by atoms with Gasteiger partial charge in [-0.15, -0.1) is 0 Å². The molecule has 24 rings (SSSR count). The fourth-order valence-electron chi connectivity index (χ4n) is 30.6. The van der Waals surface area contributed by atoms with Crippen LogP contribution in [0.2, 0.25) is 30.5 Å². The molecule has 128 heavy (non-hydrogen) atoms. The lowest BCUT2D eigenvalue weighted by molar-refractivity contribution is -0.142. The van der Waals surface area contributed by atoms with Crippen molar-refractivity contribution in [3.05, 3.63) is 173 Å². The lowest BCUT2D eigenvalue weighted by atomic mass is 9.46. The van der Waals surface area contributed by atoms with Crippen molar-refractivity contribution >= 4 is 139 Å². The number of hydrogen-bond donors (Lipinski definition) is 4. The maximum Gasteiger partial charge on any atom is 0.237 e. The number of halogens is 9. The first-order valence-electron chi connectivity index (χ1n) is 46.1. The molecule has 4 N–H and O–H groups in total. The van der Waals surface area contributed by atoms with Crippen molar-refractivity contribution in [3.8, 4) is 0 Å². The zero-order chi connectivity index (χ0) is 91.0. The third-order valence-corrected chi connectivity index (χ3v) is 38.2. The fourth-order valence-corrected chi connectivity index (χ4v) is 31.6. The predicted octanol–water partition coefficient (Wildman–Crippen LogP) is 21.6. The first kappa shape index (κ1) is 90.1. The Labute approximate surface area is 776 Å². The van der Waals surface area contributed by atoms with Gasteiger partial charge >= 0.3 is 0 Å². The standard InChI is InChI=1S/2C34H38Cl2FN3O3.C33H36Cl2FN3O3/c1-19(41)32-11-8-31(9-12-32,10-13-32)15-24(42)28-26(20-6-5-7-22(35)27(20)37)34(33(40(28)4)17-30(2,3)18-33)21-16-38-25(36)14-23(21)39-29(34)43;1-20(41)32-14-11-31(12-15-32,13-16-32)18-25(42)29-27(21-7-6-8-23(35)28(21)37)34(33(40(29)2)9-4-3-5-10-33)22-19-38-26(36)17-24(22)39-30(34)43;1-18(40)31-10-7-30(8-11-31,9-12-31)14-23(41)27-25(19-5-4-6-21(34)26(19)36)33(32(39-27)16-29(2,3)17-32)20-15-37-24(35)13-22(20)38-28(33)42/h5-7,14,16,26,28H,8-13,15,17-18H2,1-4H3,(H,39,43);6-8,17,19,27,29H,3-5,9-16,18H2,1-2H3,(H,39,43);4-6,13,15,25,27,39H,7-12,14,16-17H2,1-3H3,(H,38,42)/t26-,28-,31?,32?,34+;27-,29-,31?,32?,34+;25-,27-,30?,31?,33+/m000/s1. The van der Waals surface area contributed by atoms with E-state index in [4.69, 9.17) is 69.6 Å². The number of anilines is 3. The third kappa shape index (κ3) is 12.9. The van der Waals surface area contributed by atoms with Crippen LogP contribution < -0.4 is 21.3 Å². The largest absolute Gasteiger partial charge is 0.325 e. The highest BCUT2D eigenvalue weighted by molar-refractivity contribution is 6.32. The van der Waals surface area contributed by atoms with E-state index < -0.39 is 86.2 Å². The van der Waals surface area contributed by atoms with E-state index in [9.17, 15) is 43.2 Å². The van der Waals surface area contributed by atoms with Gasteiger partial charge in [0, 0.05) is 122 Å². The molecule has 15 fully saturated rings. The summed E-state index contributed by atoms with van der Waals surface area (Å²) in [5.74, 6) is -4.23. The van der Waals surface area contributed by atoms with E-state index in [1.165, 1.54) is 18.2 Å². The molecule has 12 saturated carbocycles. The van der Waals surface area contributed by atoms with Gasteiger partial charge in [0.2, 0.25) is 17.7 Å². The molecule has 0 radical (unpaired) electrons. The molecule has 12 aliphatic carbocycles. The van der Waals surface area contributed by atoms with E-state index in [0.717, 1.165) is 135 Å². The van der Waals surface area contributed by atoms with Crippen molar-refractivity contribution in [1.29, 1.82) is 0 Å². The third-order valence-electron chi connectivity index (χ3n) is 36.7. The molecule has 3 saturated heterocycles. The average Bonchev–Trinajstić information content (AvgIpc) is 1.46. The maximum absolute atomic E-state index is 16.2. The highest BCUT2D eigenvalue weighted by Crippen LogP contribution is 2.75. The maximum atomic E-state index is 16.2. The van der Waals surface area contributed by atoms with Gasteiger partial charge in [-0.05, 0) is 269 Å². The highest BCUT2D eigenvalue weighted by atomic mass is 35.5. The van der Waals surface area contributed by atoms with E-state index in [1.54, 1.807) is 94.0 Å². The molecule has 6 spiro atoms. The molecule has 0 unspecified atom stereocenters. The second kappa shape index (κ2) is 31.0. The summed E-state index contributed by atoms with van der Waals surface area (Å²) in [6, 6.07) is 17.2. The number of ketones is 6. The fraction of sp³-hybridized carbons (Fsp3) is 0.584. The molecule has 9 atom stereocenters. The van der Waals surface area contributed by atoms with Gasteiger partial charge in [-0.1, -0.05) is 153 Å². The number of benzene rings is 3. The number of nitrogens with one attached hydrogen (secondary N) is 4. The smallest absolute Gasteiger partial charge is 0.237 e. The van der Waals surface area contributed by atoms with Gasteiger partial charge in [0.05, 0.1) is 33.2 Å². The summed E-state index contributed by atoms with van der Waals surface area (Å²) >= 11 is 38.0. The van der Waals surface area contributed by atoms with Gasteiger partial charge in [0.15, 0.2) is 17.3 Å². The zero-order valence-corrected chi connectivity index (χ0v) is 78.7. The van der Waals surface area contributed by atoms with Gasteiger partial charge in [-0.3, -0.25) is 58.3 Å². The highest BCUT2D eigenvalue weighted by Gasteiger charge is 2.81. The molecule has 6 aliphatic heterocycles. The minimum atomic E-state index is -1.29. The van der Waals surface area contributed by atoms with Crippen LogP contribution in [0.3, 0.4) is 0 Å². The van der Waals surface area contributed by atoms with Crippen molar-refractivity contribution in [2.75, 3.05) is 30.0 Å². The van der Waals surface area contributed by atoms with Gasteiger partial charge in [0.1, 0.15) is 66.5 Å². The van der Waals surface area contributed by atoms with Crippen LogP contribution in [0.25, 0.3) is 0 Å². The van der Waals surface area contributed by atoms with Crippen molar-refractivity contribution < 1.29 is 56.3 Å². The summed E-state index contributed by atoms with van der Waals surface area (Å²) in [6.45, 7) is 13.7. The number of rotatable bonds is 15. The Morgan fingerprint density at radius 1 is 0.398 bits per heavy atom. The second-order valence-corrected chi connectivity index (χ2v) is 46.1. The van der Waals surface area contributed by atoms with Crippen LogP contribution in [-0.2, 0) is 59.4 Å². The summed E-state index contributed by atoms with van der Waals surface area (Å²) in [6.07, 6.45) is 27.6. The minimum Gasteiger partial charge on any atom is -0.325 e. The summed E-state index contributed by atoms with van der Waals surface area (Å²) in [5.41, 5.74) is -3.05. The number of carbonyl (C=O) groups is 9. The first-order valence-corrected chi connectivity index (χ1v) is 48.3. The quantitative estimate of drug-likeness (QED) is 0.0698. The Morgan fingerprint density at radius 3 is 1.04 bits per heavy atom. The molecule has 3 amide bonds. The Hall–Kier alpha value is -7.05. The summed E-state index contributed by atoms with van der Waals surface area (Å²) in [7, 11) is 3.91. The monoisotopic (exact) mass is 1860 g/mol. The molecule has 3 aromatic heterocycles. The Balaban J connectivity index is 0.000000125. The lowest BCUT2D eigenvalue weighted by Gasteiger charge is -2.61. The molecule has 18 nitrogen and oxygen atoms in total. The number of nitrogens with zero attached hydrogens (tertiary/aromatic N) is 5. The number of likely N-dealkylation sites (tertiary alicyclic amines) is 2. The van der Waals surface area contributed by atoms with Crippen LogP contribution in [0.1, 0.15) is 292 Å². The van der Waals surface area contributed by atoms with Crippen LogP contribution in [0.15, 0.2) is 91.4 Å². The Bertz CT molecular complexity index is 5690. The number of likely N-dealkylation sites (N-methyl/N-ethyl adjacent to an activating group) is 2. The number of Topliss-reactive ketones (excluding diaryl/α,β-unsaturated/α-hetero) is 6. The Kier molecular flexibility index (Phi) is 21.8. The van der Waals surface area contributed by atoms with E-state index in [1.807, 2.05) is 14.1 Å². The number of hydrogen-bond acceptors (Lipinski definition) is 15. The second-order valence-electron chi connectivity index (χ2n) is 43.7. The SMILES string of the molecule is CC(=O)C12CCC(CC(=O)[C@@H]3NC4(CC(C)(C)C4)[C@@]4(C(=O)Nc5cc(Cl)ncc54)[C@H]3c3cccc(Cl)c3F)(CC1)CC2.CC(=O)C12CCC(CC(=O)[C@H]3[C@H](c4cccc(Cl)c4F)[C@]4(C(=O)Nc5cc(Cl)ncc54)C4(CC(C)(C)C4)N3C)(CC1)CC2.CC(=O)C12CCC(CC(=O)[C@H]3[C@H](c4cccc(Cl)c4F)[C@]4(C(=O)Nc5cc(Cl)ncc54)C4(CCCCC4)N3C)(CC1)CC2. The predicted molar refractivity (Wildman–Crippen MR) is 487 cm³/mol. The van der Waals surface area contributed by atoms with Crippen LogP contribution in [0.4, 0.5) is 30.2 Å². The molecule has 18 aliphatic rings. The van der Waals surface area contributed by atoms with Crippen LogP contribution in [0, 0.1) is 60.8 Å². The van der Waals surface area contributed by atoms with E-state index in [0.29, 0.717) is 97.1 Å². The number of amides is 3. The molecule has 9 heterocycles. The average molecular weight is 1870 g/mol. The van der Waals surface area contributed by atoms with Gasteiger partial charge in [-0.25, -0.2) is 28.1 Å². The first-order chi connectivity index (χ1) is 60.5. The molecular formula is C101H112Cl6F3N9O9. The van der Waals surface area contributed by atoms with E-state index >= 15 is 13.2 Å². The van der Waals surface area contributed by atoms with Crippen molar-refractivity contribution in [3.63, 3.8) is 0 Å². The summed E-state index contributed by atoms with van der Waals surface area (Å²) < 4.78 is 48.5. The molecule has 678 valence electrons. The minimum absolute atomic E-state index is 0.0132. The summed E-state index contributed by atoms with van der Waals surface area (Å²) in [4.78, 5) is 143. The van der Waals surface area contributed by atoms with Crippen molar-refractivity contribution in [2.24, 2.45) is 43.3 Å². The topological polar surface area (TPSA) is 247 Å². The number of pyridine rings is 3. The Morgan fingerprint density at radius 2 is 0.703 bits per heavy atom. The summed E-state index contributed by atoms with van der Waals surface area (Å²) in [5, 5.41) is 13.5. The molecule has 27 heteroatoms. The van der Waals surface area contributed by atoms with Crippen LogP contribution >= 0.6 is 69.6 Å². The lowest BCUT2D eigenvalue weighted by Crippen LogP contribution is -2.68. The van der Waals surface area contributed by atoms with Crippen LogP contribution in [-0.4, -0.2) is 126 Å². The molecule has 6 bridgehead atoms. The van der Waals surface area contributed by atoms with Crippen LogP contribution in [0.5, 0.6) is 0 Å². The van der Waals surface area contributed by atoms with Gasteiger partial charge < -0.3 is 16.0 Å².